The van der Waals surface area contributed by atoms with E-state index in [1.165, 1.54) is 0 Å². The summed E-state index contributed by atoms with van der Waals surface area (Å²) in [5, 5.41) is 4.87. The van der Waals surface area contributed by atoms with Gasteiger partial charge in [-0.2, -0.15) is 15.0 Å². The number of carbonyl (C=O) groups excluding carboxylic acids is 1. The average Bonchev–Trinajstić information content (AvgIpc) is 2.73. The van der Waals surface area contributed by atoms with Gasteiger partial charge < -0.3 is 15.8 Å². The Bertz CT molecular complexity index is 1170. The number of hydrogen-bond acceptors (Lipinski definition) is 7. The molecule has 0 fully saturated rings. The Labute approximate surface area is 167 Å². The molecule has 1 aromatic heterocycles. The predicted molar refractivity (Wildman–Crippen MR) is 112 cm³/mol. The fourth-order valence-corrected chi connectivity index (χ4v) is 2.94. The number of hydrogen-bond donors (Lipinski definition) is 2. The number of esters is 1. The van der Waals surface area contributed by atoms with Crippen LogP contribution in [-0.4, -0.2) is 20.9 Å². The molecule has 0 atom stereocenters. The number of fused-ring (bicyclic) bond motifs is 1. The van der Waals surface area contributed by atoms with Crippen molar-refractivity contribution in [1.82, 2.24) is 15.0 Å². The molecule has 7 heteroatoms. The van der Waals surface area contributed by atoms with Gasteiger partial charge in [0.25, 0.3) is 0 Å². The molecule has 0 aliphatic heterocycles. The molecule has 0 bridgehead atoms. The highest BCUT2D eigenvalue weighted by Crippen LogP contribution is 2.20. The van der Waals surface area contributed by atoms with Gasteiger partial charge in [0.05, 0.1) is 5.56 Å². The van der Waals surface area contributed by atoms with Crippen molar-refractivity contribution >= 4 is 34.3 Å². The summed E-state index contributed by atoms with van der Waals surface area (Å²) in [7, 11) is 0. The highest BCUT2D eigenvalue weighted by atomic mass is 16.5. The second kappa shape index (κ2) is 7.93. The number of nitrogens with zero attached hydrogens (tertiary/aromatic N) is 3. The molecule has 0 amide bonds. The molecular weight excluding hydrogens is 366 g/mol. The number of benzene rings is 3. The van der Waals surface area contributed by atoms with E-state index in [9.17, 15) is 4.79 Å². The van der Waals surface area contributed by atoms with E-state index in [-0.39, 0.29) is 24.3 Å². The van der Waals surface area contributed by atoms with E-state index in [0.29, 0.717) is 5.56 Å². The molecule has 0 radical (unpaired) electrons. The Hall–Kier alpha value is -4.00. The maximum atomic E-state index is 12.6. The van der Waals surface area contributed by atoms with Crippen molar-refractivity contribution in [3.8, 4) is 0 Å². The van der Waals surface area contributed by atoms with Crippen LogP contribution >= 0.6 is 0 Å². The normalized spacial score (nSPS) is 10.7. The highest BCUT2D eigenvalue weighted by molar-refractivity contribution is 6.04. The van der Waals surface area contributed by atoms with E-state index < -0.39 is 5.97 Å². The van der Waals surface area contributed by atoms with E-state index in [1.54, 1.807) is 6.07 Å². The standard InChI is InChI=1S/C22H19N5O2/c1-14-9-11-16(12-10-14)24-22-26-19(25-21(23)27-22)13-29-20(28)18-8-4-6-15-5-2-3-7-17(15)18/h2-12H,13H2,1H3,(H3,23,24,25,26,27). The second-order valence-electron chi connectivity index (χ2n) is 6.53. The fraction of sp³-hybridized carbons (Fsp3) is 0.0909. The van der Waals surface area contributed by atoms with Crippen molar-refractivity contribution in [2.24, 2.45) is 0 Å². The summed E-state index contributed by atoms with van der Waals surface area (Å²) in [5.41, 5.74) is 8.24. The first-order valence-corrected chi connectivity index (χ1v) is 9.07. The minimum Gasteiger partial charge on any atom is -0.454 e. The molecule has 7 nitrogen and oxygen atoms in total. The lowest BCUT2D eigenvalue weighted by Gasteiger charge is -2.09. The van der Waals surface area contributed by atoms with Crippen molar-refractivity contribution in [2.75, 3.05) is 11.1 Å². The van der Waals surface area contributed by atoms with Gasteiger partial charge in [0.2, 0.25) is 11.9 Å². The number of aryl methyl sites for hydroxylation is 1. The molecule has 29 heavy (non-hydrogen) atoms. The topological polar surface area (TPSA) is 103 Å². The smallest absolute Gasteiger partial charge is 0.339 e. The number of carbonyl (C=O) groups is 1. The summed E-state index contributed by atoms with van der Waals surface area (Å²) in [6.45, 7) is 1.89. The summed E-state index contributed by atoms with van der Waals surface area (Å²) in [4.78, 5) is 25.0. The monoisotopic (exact) mass is 385 g/mol. The number of ether oxygens (including phenoxy) is 1. The Kier molecular flexibility index (Phi) is 5.03. The molecule has 0 saturated heterocycles. The van der Waals surface area contributed by atoms with E-state index in [4.69, 9.17) is 10.5 Å². The van der Waals surface area contributed by atoms with Gasteiger partial charge in [-0.3, -0.25) is 0 Å². The van der Waals surface area contributed by atoms with Crippen LogP contribution in [0, 0.1) is 6.92 Å². The van der Waals surface area contributed by atoms with Gasteiger partial charge in [0.15, 0.2) is 12.4 Å². The molecule has 0 aliphatic rings. The summed E-state index contributed by atoms with van der Waals surface area (Å²) in [6, 6.07) is 20.9. The number of nitrogens with one attached hydrogen (secondary N) is 1. The van der Waals surface area contributed by atoms with Crippen molar-refractivity contribution in [3.05, 3.63) is 83.7 Å². The molecule has 1 heterocycles. The van der Waals surface area contributed by atoms with Crippen LogP contribution in [-0.2, 0) is 11.3 Å². The number of aromatic nitrogens is 3. The maximum Gasteiger partial charge on any atom is 0.339 e. The minimum atomic E-state index is -0.450. The number of nitrogen functional groups attached to an aromatic ring is 1. The lowest BCUT2D eigenvalue weighted by atomic mass is 10.1. The molecule has 3 N–H and O–H groups in total. The molecule has 0 spiro atoms. The zero-order chi connectivity index (χ0) is 20.2. The van der Waals surface area contributed by atoms with Crippen LogP contribution in [0.5, 0.6) is 0 Å². The van der Waals surface area contributed by atoms with Gasteiger partial charge in [-0.1, -0.05) is 54.1 Å². The highest BCUT2D eigenvalue weighted by Gasteiger charge is 2.13. The summed E-state index contributed by atoms with van der Waals surface area (Å²) < 4.78 is 5.42. The summed E-state index contributed by atoms with van der Waals surface area (Å²) in [6.07, 6.45) is 0. The Morgan fingerprint density at radius 3 is 2.55 bits per heavy atom. The van der Waals surface area contributed by atoms with Gasteiger partial charge >= 0.3 is 5.97 Å². The van der Waals surface area contributed by atoms with Crippen LogP contribution in [0.4, 0.5) is 17.6 Å². The molecule has 4 rings (SSSR count). The van der Waals surface area contributed by atoms with Gasteiger partial charge in [0.1, 0.15) is 0 Å². The molecule has 3 aromatic carbocycles. The van der Waals surface area contributed by atoms with E-state index in [2.05, 4.69) is 20.3 Å². The number of rotatable bonds is 5. The van der Waals surface area contributed by atoms with E-state index in [1.807, 2.05) is 67.6 Å². The Morgan fingerprint density at radius 1 is 0.966 bits per heavy atom. The third-order valence-electron chi connectivity index (χ3n) is 4.35. The van der Waals surface area contributed by atoms with Crippen molar-refractivity contribution < 1.29 is 9.53 Å². The fourth-order valence-electron chi connectivity index (χ4n) is 2.94. The molecule has 0 aliphatic carbocycles. The quantitative estimate of drug-likeness (QED) is 0.500. The molecule has 144 valence electrons. The van der Waals surface area contributed by atoms with Crippen LogP contribution < -0.4 is 11.1 Å². The van der Waals surface area contributed by atoms with Crippen LogP contribution in [0.15, 0.2) is 66.7 Å². The molecule has 0 saturated carbocycles. The van der Waals surface area contributed by atoms with Gasteiger partial charge in [-0.25, -0.2) is 4.79 Å². The number of anilines is 3. The third-order valence-corrected chi connectivity index (χ3v) is 4.35. The SMILES string of the molecule is Cc1ccc(Nc2nc(N)nc(COC(=O)c3cccc4ccccc34)n2)cc1. The first-order valence-electron chi connectivity index (χ1n) is 9.07. The van der Waals surface area contributed by atoms with E-state index in [0.717, 1.165) is 22.0 Å². The third kappa shape index (κ3) is 4.30. The predicted octanol–water partition coefficient (Wildman–Crippen LogP) is 4.02. The number of nitrogens with two attached hydrogens (primary N) is 1. The largest absolute Gasteiger partial charge is 0.454 e. The van der Waals surface area contributed by atoms with Crippen LogP contribution in [0.3, 0.4) is 0 Å². The van der Waals surface area contributed by atoms with Crippen LogP contribution in [0.25, 0.3) is 10.8 Å². The van der Waals surface area contributed by atoms with Gasteiger partial charge in [-0.15, -0.1) is 0 Å². The van der Waals surface area contributed by atoms with E-state index >= 15 is 0 Å². The van der Waals surface area contributed by atoms with Crippen LogP contribution in [0.2, 0.25) is 0 Å². The lowest BCUT2D eigenvalue weighted by molar-refractivity contribution is 0.0464. The van der Waals surface area contributed by atoms with Crippen molar-refractivity contribution in [2.45, 2.75) is 13.5 Å². The summed E-state index contributed by atoms with van der Waals surface area (Å²) >= 11 is 0. The molecular formula is C22H19N5O2. The maximum absolute atomic E-state index is 12.6. The first kappa shape index (κ1) is 18.4. The van der Waals surface area contributed by atoms with Crippen molar-refractivity contribution in [3.63, 3.8) is 0 Å². The minimum absolute atomic E-state index is 0.0471. The van der Waals surface area contributed by atoms with Crippen molar-refractivity contribution in [1.29, 1.82) is 0 Å². The Balaban J connectivity index is 1.50. The zero-order valence-corrected chi connectivity index (χ0v) is 15.8. The summed E-state index contributed by atoms with van der Waals surface area (Å²) in [5.74, 6) is 0.151. The first-order chi connectivity index (χ1) is 14.1. The van der Waals surface area contributed by atoms with Crippen LogP contribution in [0.1, 0.15) is 21.7 Å². The average molecular weight is 385 g/mol. The zero-order valence-electron chi connectivity index (χ0n) is 15.8. The Morgan fingerprint density at radius 2 is 1.72 bits per heavy atom. The lowest BCUT2D eigenvalue weighted by Crippen LogP contribution is -2.11. The molecule has 4 aromatic rings. The second-order valence-corrected chi connectivity index (χ2v) is 6.53. The van der Waals surface area contributed by atoms with Gasteiger partial charge in [-0.05, 0) is 35.9 Å². The van der Waals surface area contributed by atoms with Gasteiger partial charge in [0, 0.05) is 5.69 Å². The molecule has 0 unspecified atom stereocenters.